The summed E-state index contributed by atoms with van der Waals surface area (Å²) in [4.78, 5) is 23.9. The van der Waals surface area contributed by atoms with Crippen LogP contribution in [0.25, 0.3) is 0 Å². The summed E-state index contributed by atoms with van der Waals surface area (Å²) in [5.74, 6) is -4.41. The first-order valence-electron chi connectivity index (χ1n) is 9.62. The fourth-order valence-electron chi connectivity index (χ4n) is 3.66. The summed E-state index contributed by atoms with van der Waals surface area (Å²) < 4.78 is 16.1. The number of aliphatic carboxylic acids is 1. The number of aliphatic hydroxyl groups excluding tert-OH is 3. The van der Waals surface area contributed by atoms with Crippen molar-refractivity contribution in [2.24, 2.45) is 0 Å². The average Bonchev–Trinajstić information content (AvgIpc) is 2.77. The van der Waals surface area contributed by atoms with Crippen molar-refractivity contribution in [1.29, 1.82) is 0 Å². The van der Waals surface area contributed by atoms with Crippen LogP contribution in [-0.4, -0.2) is 73.1 Å². The Morgan fingerprint density at radius 1 is 1.00 bits per heavy atom. The standard InChI is InChI=1S/C21H20O11/c22-9-6-10(8-4-2-1-3-5-8)30-11-7-12(14(23)15(24)13(9)11)31-21-18(27)16(25)17(26)19(32-21)20(28)29/h1-5,7,10,16-19,21,23-27H,6H2,(H,28,29)/t10-,16-,17-,18+,19-,21-/m0/s1. The smallest absolute Gasteiger partial charge is 0.335 e. The largest absolute Gasteiger partial charge is 0.504 e. The molecule has 11 nitrogen and oxygen atoms in total. The monoisotopic (exact) mass is 448 g/mol. The van der Waals surface area contributed by atoms with E-state index in [1.165, 1.54) is 0 Å². The quantitative estimate of drug-likeness (QED) is 0.348. The first kappa shape index (κ1) is 21.8. The Balaban J connectivity index is 1.66. The zero-order valence-electron chi connectivity index (χ0n) is 16.4. The number of aromatic hydroxyl groups is 2. The van der Waals surface area contributed by atoms with Gasteiger partial charge >= 0.3 is 5.97 Å². The molecule has 4 rings (SSSR count). The number of aliphatic hydroxyl groups is 3. The van der Waals surface area contributed by atoms with Crippen molar-refractivity contribution < 1.29 is 54.4 Å². The van der Waals surface area contributed by atoms with Gasteiger partial charge in [-0.15, -0.1) is 0 Å². The Kier molecular flexibility index (Phi) is 5.65. The molecule has 1 fully saturated rings. The molecule has 0 aromatic heterocycles. The zero-order valence-corrected chi connectivity index (χ0v) is 16.4. The Labute approximate surface area is 180 Å². The molecule has 0 saturated carbocycles. The first-order chi connectivity index (χ1) is 15.2. The number of carbonyl (C=O) groups is 2. The predicted molar refractivity (Wildman–Crippen MR) is 103 cm³/mol. The van der Waals surface area contributed by atoms with Gasteiger partial charge in [0.15, 0.2) is 23.4 Å². The highest BCUT2D eigenvalue weighted by Crippen LogP contribution is 2.48. The van der Waals surface area contributed by atoms with Crippen LogP contribution in [0.5, 0.6) is 23.0 Å². The third kappa shape index (κ3) is 3.71. The number of hydrogen-bond acceptors (Lipinski definition) is 10. The molecule has 2 aliphatic heterocycles. The maximum absolute atomic E-state index is 12.6. The summed E-state index contributed by atoms with van der Waals surface area (Å²) in [6.45, 7) is 0. The Bertz CT molecular complexity index is 1040. The lowest BCUT2D eigenvalue weighted by Gasteiger charge is -2.38. The zero-order chi connectivity index (χ0) is 23.2. The molecular formula is C21H20O11. The van der Waals surface area contributed by atoms with E-state index in [9.17, 15) is 35.1 Å². The molecule has 0 radical (unpaired) electrons. The molecule has 0 aliphatic carbocycles. The highest BCUT2D eigenvalue weighted by Gasteiger charge is 2.48. The van der Waals surface area contributed by atoms with Gasteiger partial charge in [-0.25, -0.2) is 4.79 Å². The number of carboxylic acids is 1. The molecule has 1 saturated heterocycles. The lowest BCUT2D eigenvalue weighted by molar-refractivity contribution is -0.271. The maximum Gasteiger partial charge on any atom is 0.335 e. The number of phenolic OH excluding ortho intramolecular Hbond substituents is 2. The molecule has 2 aliphatic rings. The molecule has 0 unspecified atom stereocenters. The van der Waals surface area contributed by atoms with Crippen LogP contribution in [0.4, 0.5) is 0 Å². The van der Waals surface area contributed by atoms with E-state index in [2.05, 4.69) is 0 Å². The number of Topliss-reactive ketones (excluding diaryl/α,β-unsaturated/α-hetero) is 1. The minimum Gasteiger partial charge on any atom is -0.504 e. The molecule has 6 N–H and O–H groups in total. The van der Waals surface area contributed by atoms with Gasteiger partial charge in [0.2, 0.25) is 12.0 Å². The lowest BCUT2D eigenvalue weighted by Crippen LogP contribution is -2.61. The number of fused-ring (bicyclic) bond motifs is 1. The summed E-state index contributed by atoms with van der Waals surface area (Å²) >= 11 is 0. The molecule has 170 valence electrons. The molecule has 11 heteroatoms. The van der Waals surface area contributed by atoms with Crippen molar-refractivity contribution in [3.8, 4) is 23.0 Å². The molecule has 32 heavy (non-hydrogen) atoms. The van der Waals surface area contributed by atoms with Crippen molar-refractivity contribution >= 4 is 11.8 Å². The third-order valence-corrected chi connectivity index (χ3v) is 5.35. The van der Waals surface area contributed by atoms with E-state index < -0.39 is 65.8 Å². The first-order valence-corrected chi connectivity index (χ1v) is 9.62. The fourth-order valence-corrected chi connectivity index (χ4v) is 3.66. The molecular weight excluding hydrogens is 428 g/mol. The number of carboxylic acid groups (broad SMARTS) is 1. The summed E-state index contributed by atoms with van der Waals surface area (Å²) in [5.41, 5.74) is 0.444. The number of benzene rings is 2. The van der Waals surface area contributed by atoms with Crippen LogP contribution >= 0.6 is 0 Å². The van der Waals surface area contributed by atoms with Crippen LogP contribution in [0.3, 0.4) is 0 Å². The Morgan fingerprint density at radius 3 is 2.34 bits per heavy atom. The normalized spacial score (nSPS) is 29.7. The molecule has 2 aromatic rings. The predicted octanol–water partition coefficient (Wildman–Crippen LogP) is 0.0753. The molecule has 2 heterocycles. The minimum absolute atomic E-state index is 0.0843. The van der Waals surface area contributed by atoms with E-state index in [4.69, 9.17) is 19.3 Å². The van der Waals surface area contributed by atoms with Crippen LogP contribution in [0, 0.1) is 0 Å². The van der Waals surface area contributed by atoms with Crippen LogP contribution in [0.15, 0.2) is 36.4 Å². The van der Waals surface area contributed by atoms with E-state index >= 15 is 0 Å². The minimum atomic E-state index is -1.93. The van der Waals surface area contributed by atoms with E-state index in [-0.39, 0.29) is 17.7 Å². The van der Waals surface area contributed by atoms with Crippen LogP contribution in [0.2, 0.25) is 0 Å². The van der Waals surface area contributed by atoms with Gasteiger partial charge in [0, 0.05) is 6.07 Å². The highest BCUT2D eigenvalue weighted by molar-refractivity contribution is 6.03. The van der Waals surface area contributed by atoms with Crippen LogP contribution in [-0.2, 0) is 9.53 Å². The molecule has 0 bridgehead atoms. The Hall–Kier alpha value is -3.38. The van der Waals surface area contributed by atoms with Crippen molar-refractivity contribution in [2.75, 3.05) is 0 Å². The second-order valence-electron chi connectivity index (χ2n) is 7.44. The van der Waals surface area contributed by atoms with Crippen molar-refractivity contribution in [2.45, 2.75) is 43.2 Å². The van der Waals surface area contributed by atoms with Crippen molar-refractivity contribution in [1.82, 2.24) is 0 Å². The van der Waals surface area contributed by atoms with Crippen LogP contribution in [0.1, 0.15) is 28.4 Å². The summed E-state index contributed by atoms with van der Waals surface area (Å²) in [6.07, 6.45) is -10.3. The molecule has 0 amide bonds. The van der Waals surface area contributed by atoms with Gasteiger partial charge in [-0.05, 0) is 5.56 Å². The van der Waals surface area contributed by atoms with Gasteiger partial charge in [-0.1, -0.05) is 30.3 Å². The molecule has 0 spiro atoms. The van der Waals surface area contributed by atoms with Gasteiger partial charge in [-0.3, -0.25) is 4.79 Å². The van der Waals surface area contributed by atoms with Gasteiger partial charge in [0.25, 0.3) is 0 Å². The number of carbonyl (C=O) groups excluding carboxylic acids is 1. The lowest BCUT2D eigenvalue weighted by atomic mass is 9.95. The number of phenols is 2. The maximum atomic E-state index is 12.6. The second-order valence-corrected chi connectivity index (χ2v) is 7.44. The topological polar surface area (TPSA) is 183 Å². The SMILES string of the molecule is O=C1C[C@@H](c2ccccc2)Oc2cc(O[C@H]3O[C@H](C(=O)O)[C@@H](O)[C@H](O)[C@H]3O)c(O)c(O)c21. The third-order valence-electron chi connectivity index (χ3n) is 5.35. The molecule has 2 aromatic carbocycles. The number of ether oxygens (including phenoxy) is 3. The summed E-state index contributed by atoms with van der Waals surface area (Å²) in [6, 6.07) is 9.92. The van der Waals surface area contributed by atoms with Gasteiger partial charge in [-0.2, -0.15) is 0 Å². The van der Waals surface area contributed by atoms with Crippen molar-refractivity contribution in [3.63, 3.8) is 0 Å². The number of hydrogen-bond donors (Lipinski definition) is 6. The van der Waals surface area contributed by atoms with E-state index in [1.807, 2.05) is 0 Å². The van der Waals surface area contributed by atoms with Crippen molar-refractivity contribution in [3.05, 3.63) is 47.5 Å². The summed E-state index contributed by atoms with van der Waals surface area (Å²) in [5, 5.41) is 59.6. The average molecular weight is 448 g/mol. The van der Waals surface area contributed by atoms with Gasteiger partial charge < -0.3 is 44.8 Å². The van der Waals surface area contributed by atoms with Gasteiger partial charge in [0.05, 0.1) is 6.42 Å². The van der Waals surface area contributed by atoms with E-state index in [0.717, 1.165) is 6.07 Å². The van der Waals surface area contributed by atoms with E-state index in [0.29, 0.717) is 5.56 Å². The van der Waals surface area contributed by atoms with Crippen LogP contribution < -0.4 is 9.47 Å². The fraction of sp³-hybridized carbons (Fsp3) is 0.333. The number of ketones is 1. The van der Waals surface area contributed by atoms with Gasteiger partial charge in [0.1, 0.15) is 35.7 Å². The summed E-state index contributed by atoms with van der Waals surface area (Å²) in [7, 11) is 0. The van der Waals surface area contributed by atoms with E-state index in [1.54, 1.807) is 30.3 Å². The Morgan fingerprint density at radius 2 is 1.69 bits per heavy atom. The number of rotatable bonds is 4. The highest BCUT2D eigenvalue weighted by atomic mass is 16.7. The molecule has 6 atom stereocenters. The second kappa shape index (κ2) is 8.28.